The summed E-state index contributed by atoms with van der Waals surface area (Å²) in [4.78, 5) is 14.9. The van der Waals surface area contributed by atoms with Gasteiger partial charge in [0.25, 0.3) is 5.91 Å². The molecule has 0 saturated carbocycles. The van der Waals surface area contributed by atoms with Crippen LogP contribution in [0, 0.1) is 11.3 Å². The highest BCUT2D eigenvalue weighted by Gasteiger charge is 2.14. The maximum Gasteiger partial charge on any atom is 0.262 e. The first kappa shape index (κ1) is 21.9. The summed E-state index contributed by atoms with van der Waals surface area (Å²) in [6.07, 6.45) is 1.63. The number of nitrogens with one attached hydrogen (secondary N) is 1. The van der Waals surface area contributed by atoms with Crippen LogP contribution in [0.15, 0.2) is 90.5 Å². The Kier molecular flexibility index (Phi) is 7.61. The van der Waals surface area contributed by atoms with E-state index in [-0.39, 0.29) is 17.5 Å². The van der Waals surface area contributed by atoms with Crippen LogP contribution in [-0.4, -0.2) is 12.5 Å². The third-order valence-electron chi connectivity index (χ3n) is 5.18. The van der Waals surface area contributed by atoms with Crippen molar-refractivity contribution < 1.29 is 4.79 Å². The SMILES string of the molecule is CCN(Cc1ccccc1)c1ccc(C=C(C#N)C(=O)NC(C)c2ccccc2)cc1. The first-order valence-electron chi connectivity index (χ1n) is 10.5. The van der Waals surface area contributed by atoms with E-state index in [0.717, 1.165) is 29.9 Å². The molecule has 156 valence electrons. The standard InChI is InChI=1S/C27H27N3O/c1-3-30(20-23-10-6-4-7-11-23)26-16-14-22(15-17-26)18-25(19-28)27(31)29-21(2)24-12-8-5-9-13-24/h4-18,21H,3,20H2,1-2H3,(H,29,31). The molecule has 4 heteroatoms. The molecule has 3 aromatic carbocycles. The van der Waals surface area contributed by atoms with Gasteiger partial charge in [0.05, 0.1) is 6.04 Å². The second kappa shape index (κ2) is 10.8. The van der Waals surface area contributed by atoms with E-state index in [9.17, 15) is 10.1 Å². The average molecular weight is 410 g/mol. The number of nitriles is 1. The molecule has 3 aromatic rings. The van der Waals surface area contributed by atoms with Gasteiger partial charge in [0.15, 0.2) is 0 Å². The minimum atomic E-state index is -0.373. The van der Waals surface area contributed by atoms with Crippen LogP contribution < -0.4 is 10.2 Å². The van der Waals surface area contributed by atoms with Crippen LogP contribution >= 0.6 is 0 Å². The summed E-state index contributed by atoms with van der Waals surface area (Å²) in [5.41, 5.74) is 4.26. The number of nitrogens with zero attached hydrogens (tertiary/aromatic N) is 2. The smallest absolute Gasteiger partial charge is 0.262 e. The lowest BCUT2D eigenvalue weighted by Gasteiger charge is -2.23. The van der Waals surface area contributed by atoms with Crippen LogP contribution in [-0.2, 0) is 11.3 Å². The van der Waals surface area contributed by atoms with Crippen LogP contribution in [0.4, 0.5) is 5.69 Å². The molecule has 1 unspecified atom stereocenters. The van der Waals surface area contributed by atoms with Gasteiger partial charge < -0.3 is 10.2 Å². The Morgan fingerprint density at radius 3 is 2.19 bits per heavy atom. The number of carbonyl (C=O) groups is 1. The van der Waals surface area contributed by atoms with Gasteiger partial charge in [0, 0.05) is 18.8 Å². The van der Waals surface area contributed by atoms with Crippen LogP contribution in [0.25, 0.3) is 6.08 Å². The van der Waals surface area contributed by atoms with Crippen molar-refractivity contribution >= 4 is 17.7 Å². The topological polar surface area (TPSA) is 56.1 Å². The monoisotopic (exact) mass is 409 g/mol. The molecule has 1 N–H and O–H groups in total. The summed E-state index contributed by atoms with van der Waals surface area (Å²) in [5, 5.41) is 12.4. The van der Waals surface area contributed by atoms with Gasteiger partial charge in [-0.25, -0.2) is 0 Å². The van der Waals surface area contributed by atoms with E-state index in [2.05, 4.69) is 29.3 Å². The van der Waals surface area contributed by atoms with E-state index in [4.69, 9.17) is 0 Å². The summed E-state index contributed by atoms with van der Waals surface area (Å²) in [6.45, 7) is 5.74. The van der Waals surface area contributed by atoms with E-state index in [0.29, 0.717) is 0 Å². The predicted octanol–water partition coefficient (Wildman–Crippen LogP) is 5.50. The molecular formula is C27H27N3O. The van der Waals surface area contributed by atoms with Gasteiger partial charge in [0.2, 0.25) is 0 Å². The van der Waals surface area contributed by atoms with Gasteiger partial charge in [-0.1, -0.05) is 72.8 Å². The minimum absolute atomic E-state index is 0.0900. The maximum atomic E-state index is 12.6. The van der Waals surface area contributed by atoms with Gasteiger partial charge in [0.1, 0.15) is 11.6 Å². The Morgan fingerprint density at radius 1 is 1.00 bits per heavy atom. The Hall–Kier alpha value is -3.84. The fourth-order valence-corrected chi connectivity index (χ4v) is 3.39. The minimum Gasteiger partial charge on any atom is -0.367 e. The maximum absolute atomic E-state index is 12.6. The highest BCUT2D eigenvalue weighted by atomic mass is 16.1. The Bertz CT molecular complexity index is 1050. The molecule has 0 heterocycles. The molecule has 0 aromatic heterocycles. The number of hydrogen-bond donors (Lipinski definition) is 1. The third kappa shape index (κ3) is 6.07. The third-order valence-corrected chi connectivity index (χ3v) is 5.18. The number of anilines is 1. The summed E-state index contributed by atoms with van der Waals surface area (Å²) in [5.74, 6) is -0.373. The van der Waals surface area contributed by atoms with Crippen molar-refractivity contribution in [1.82, 2.24) is 5.32 Å². The van der Waals surface area contributed by atoms with Crippen molar-refractivity contribution in [3.05, 3.63) is 107 Å². The van der Waals surface area contributed by atoms with E-state index >= 15 is 0 Å². The van der Waals surface area contributed by atoms with Gasteiger partial charge in [-0.05, 0) is 48.7 Å². The molecule has 3 rings (SSSR count). The predicted molar refractivity (Wildman–Crippen MR) is 126 cm³/mol. The fraction of sp³-hybridized carbons (Fsp3) is 0.185. The van der Waals surface area contributed by atoms with Crippen molar-refractivity contribution in [2.75, 3.05) is 11.4 Å². The molecule has 0 saturated heterocycles. The lowest BCUT2D eigenvalue weighted by molar-refractivity contribution is -0.117. The number of amides is 1. The summed E-state index contributed by atoms with van der Waals surface area (Å²) in [7, 11) is 0. The molecule has 1 amide bonds. The number of hydrogen-bond acceptors (Lipinski definition) is 3. The zero-order valence-electron chi connectivity index (χ0n) is 18.0. The summed E-state index contributed by atoms with van der Waals surface area (Å²) in [6, 6.07) is 29.8. The second-order valence-electron chi connectivity index (χ2n) is 7.37. The van der Waals surface area contributed by atoms with Crippen molar-refractivity contribution in [1.29, 1.82) is 5.26 Å². The van der Waals surface area contributed by atoms with Crippen LogP contribution in [0.3, 0.4) is 0 Å². The van der Waals surface area contributed by atoms with Gasteiger partial charge in [-0.2, -0.15) is 5.26 Å². The molecule has 0 fully saturated rings. The van der Waals surface area contributed by atoms with Crippen molar-refractivity contribution in [3.8, 4) is 6.07 Å². The normalized spacial score (nSPS) is 12.0. The first-order valence-corrected chi connectivity index (χ1v) is 10.5. The number of carbonyl (C=O) groups excluding carboxylic acids is 1. The molecule has 31 heavy (non-hydrogen) atoms. The molecule has 4 nitrogen and oxygen atoms in total. The van der Waals surface area contributed by atoms with E-state index in [1.54, 1.807) is 6.08 Å². The lowest BCUT2D eigenvalue weighted by Crippen LogP contribution is -2.27. The average Bonchev–Trinajstić information content (AvgIpc) is 2.82. The zero-order chi connectivity index (χ0) is 22.1. The Balaban J connectivity index is 1.69. The van der Waals surface area contributed by atoms with Crippen molar-refractivity contribution in [2.45, 2.75) is 26.4 Å². The van der Waals surface area contributed by atoms with Crippen LogP contribution in [0.5, 0.6) is 0 Å². The van der Waals surface area contributed by atoms with Gasteiger partial charge in [-0.3, -0.25) is 4.79 Å². The molecule has 1 atom stereocenters. The zero-order valence-corrected chi connectivity index (χ0v) is 18.0. The Morgan fingerprint density at radius 2 is 1.61 bits per heavy atom. The Labute approximate surface area is 184 Å². The van der Waals surface area contributed by atoms with Crippen LogP contribution in [0.1, 0.15) is 36.6 Å². The largest absolute Gasteiger partial charge is 0.367 e. The van der Waals surface area contributed by atoms with Crippen molar-refractivity contribution in [2.24, 2.45) is 0 Å². The van der Waals surface area contributed by atoms with Gasteiger partial charge in [-0.15, -0.1) is 0 Å². The molecule has 0 bridgehead atoms. The molecular weight excluding hydrogens is 382 g/mol. The molecule has 0 aliphatic rings. The molecule has 0 spiro atoms. The molecule has 0 radical (unpaired) electrons. The van der Waals surface area contributed by atoms with E-state index < -0.39 is 0 Å². The first-order chi connectivity index (χ1) is 15.1. The number of benzene rings is 3. The number of rotatable bonds is 8. The lowest BCUT2D eigenvalue weighted by atomic mass is 10.1. The van der Waals surface area contributed by atoms with Crippen LogP contribution in [0.2, 0.25) is 0 Å². The highest BCUT2D eigenvalue weighted by molar-refractivity contribution is 6.01. The van der Waals surface area contributed by atoms with Crippen molar-refractivity contribution in [3.63, 3.8) is 0 Å². The summed E-state index contributed by atoms with van der Waals surface area (Å²) < 4.78 is 0. The fourth-order valence-electron chi connectivity index (χ4n) is 3.39. The summed E-state index contributed by atoms with van der Waals surface area (Å²) >= 11 is 0. The molecule has 0 aliphatic carbocycles. The van der Waals surface area contributed by atoms with E-state index in [1.807, 2.05) is 85.8 Å². The molecule has 0 aliphatic heterocycles. The van der Waals surface area contributed by atoms with E-state index in [1.165, 1.54) is 5.56 Å². The highest BCUT2D eigenvalue weighted by Crippen LogP contribution is 2.20. The quantitative estimate of drug-likeness (QED) is 0.395. The van der Waals surface area contributed by atoms with Gasteiger partial charge >= 0.3 is 0 Å². The second-order valence-corrected chi connectivity index (χ2v) is 7.37.